The van der Waals surface area contributed by atoms with Gasteiger partial charge in [-0.1, -0.05) is 81.3 Å². The van der Waals surface area contributed by atoms with Crippen LogP contribution in [0.4, 0.5) is 4.79 Å². The number of para-hydroxylation sites is 1. The Morgan fingerprint density at radius 3 is 2.41 bits per heavy atom. The van der Waals surface area contributed by atoms with Crippen LogP contribution < -0.4 is 15.4 Å². The third-order valence-corrected chi connectivity index (χ3v) is 7.96. The third kappa shape index (κ3) is 6.59. The van der Waals surface area contributed by atoms with E-state index in [-0.39, 0.29) is 30.8 Å². The number of amides is 4. The smallest absolute Gasteiger partial charge is 0.327 e. The molecule has 216 valence electrons. The van der Waals surface area contributed by atoms with Gasteiger partial charge in [-0.2, -0.15) is 0 Å². The summed E-state index contributed by atoms with van der Waals surface area (Å²) in [6, 6.07) is 18.5. The molecule has 2 aromatic carbocycles. The summed E-state index contributed by atoms with van der Waals surface area (Å²) in [6.45, 7) is 8.24. The van der Waals surface area contributed by atoms with Crippen molar-refractivity contribution in [2.75, 3.05) is 0 Å². The molecule has 41 heavy (non-hydrogen) atoms. The minimum atomic E-state index is -0.807. The second-order valence-electron chi connectivity index (χ2n) is 10.6. The van der Waals surface area contributed by atoms with Crippen LogP contribution >= 0.6 is 0 Å². The van der Waals surface area contributed by atoms with Crippen molar-refractivity contribution < 1.29 is 19.1 Å². The number of pyridine rings is 1. The molecular formula is C33H40N4O4. The molecule has 1 aromatic heterocycles. The molecule has 3 aromatic rings. The number of carbonyl (C=O) groups is 3. The van der Waals surface area contributed by atoms with Crippen molar-refractivity contribution in [3.8, 4) is 5.75 Å². The number of rotatable bonds is 12. The number of ether oxygens (including phenoxy) is 1. The van der Waals surface area contributed by atoms with E-state index in [0.717, 1.165) is 35.1 Å². The van der Waals surface area contributed by atoms with Crippen molar-refractivity contribution in [3.05, 3.63) is 95.3 Å². The Morgan fingerprint density at radius 1 is 1.02 bits per heavy atom. The number of likely N-dealkylation sites (tertiary alicyclic amines) is 1. The molecule has 4 amide bonds. The normalized spacial score (nSPS) is 16.4. The summed E-state index contributed by atoms with van der Waals surface area (Å²) in [6.07, 6.45) is 5.49. The molecule has 0 spiro atoms. The molecule has 2 N–H and O–H groups in total. The average Bonchev–Trinajstić information content (AvgIpc) is 2.98. The van der Waals surface area contributed by atoms with E-state index in [1.165, 1.54) is 4.90 Å². The lowest BCUT2D eigenvalue weighted by molar-refractivity contribution is -0.191. The van der Waals surface area contributed by atoms with E-state index in [2.05, 4.69) is 22.5 Å². The number of nitrogens with zero attached hydrogens (tertiary/aromatic N) is 2. The van der Waals surface area contributed by atoms with Crippen molar-refractivity contribution >= 4 is 17.8 Å². The number of hydrogen-bond donors (Lipinski definition) is 2. The first kappa shape index (κ1) is 29.8. The van der Waals surface area contributed by atoms with Crippen LogP contribution in [0, 0.1) is 12.3 Å². The van der Waals surface area contributed by atoms with E-state index in [4.69, 9.17) is 4.74 Å². The molecule has 0 radical (unpaired) electrons. The van der Waals surface area contributed by atoms with Crippen molar-refractivity contribution in [2.45, 2.75) is 78.6 Å². The van der Waals surface area contributed by atoms with Gasteiger partial charge in [0.25, 0.3) is 0 Å². The van der Waals surface area contributed by atoms with Gasteiger partial charge in [-0.3, -0.25) is 14.6 Å². The number of nitrogens with one attached hydrogen (secondary N) is 2. The van der Waals surface area contributed by atoms with E-state index >= 15 is 0 Å². The molecule has 0 unspecified atom stereocenters. The quantitative estimate of drug-likeness (QED) is 0.273. The number of imide groups is 1. The van der Waals surface area contributed by atoms with Gasteiger partial charge in [0.1, 0.15) is 11.2 Å². The maximum Gasteiger partial charge on any atom is 0.327 e. The number of β-lactam (4-membered cyclic amide) rings is 1. The van der Waals surface area contributed by atoms with Crippen LogP contribution in [0.2, 0.25) is 0 Å². The highest BCUT2D eigenvalue weighted by Gasteiger charge is 2.63. The number of urea groups is 1. The third-order valence-electron chi connectivity index (χ3n) is 7.96. The highest BCUT2D eigenvalue weighted by Crippen LogP contribution is 2.46. The predicted octanol–water partition coefficient (Wildman–Crippen LogP) is 5.85. The van der Waals surface area contributed by atoms with Crippen LogP contribution in [0.1, 0.15) is 74.8 Å². The van der Waals surface area contributed by atoms with Crippen LogP contribution in [0.15, 0.2) is 73.1 Å². The number of carbonyl (C=O) groups excluding carboxylic acids is 3. The maximum atomic E-state index is 13.6. The summed E-state index contributed by atoms with van der Waals surface area (Å²) in [4.78, 5) is 45.0. The fourth-order valence-corrected chi connectivity index (χ4v) is 5.36. The van der Waals surface area contributed by atoms with Crippen LogP contribution in [-0.4, -0.2) is 34.0 Å². The Morgan fingerprint density at radius 2 is 1.76 bits per heavy atom. The van der Waals surface area contributed by atoms with E-state index in [1.807, 2.05) is 75.4 Å². The minimum absolute atomic E-state index is 0.137. The SMILES string of the molecule is CCC[C@@H](NC(=O)N1C(=O)C(CC)(CC)[C@@H]1Oc1ccccc1CNC(=O)Cc1cccnc1)c1ccc(C)cc1. The highest BCUT2D eigenvalue weighted by atomic mass is 16.5. The summed E-state index contributed by atoms with van der Waals surface area (Å²) in [5, 5.41) is 6.03. The Hall–Kier alpha value is -4.20. The van der Waals surface area contributed by atoms with E-state index in [9.17, 15) is 14.4 Å². The molecule has 1 fully saturated rings. The lowest BCUT2D eigenvalue weighted by Gasteiger charge is -2.53. The summed E-state index contributed by atoms with van der Waals surface area (Å²) in [5.41, 5.74) is 2.92. The highest BCUT2D eigenvalue weighted by molar-refractivity contribution is 6.03. The van der Waals surface area contributed by atoms with Gasteiger partial charge in [0.15, 0.2) is 6.23 Å². The largest absolute Gasteiger partial charge is 0.468 e. The molecule has 0 saturated carbocycles. The maximum absolute atomic E-state index is 13.6. The minimum Gasteiger partial charge on any atom is -0.468 e. The first-order valence-corrected chi connectivity index (χ1v) is 14.4. The van der Waals surface area contributed by atoms with Crippen molar-refractivity contribution in [1.82, 2.24) is 20.5 Å². The zero-order valence-electron chi connectivity index (χ0n) is 24.4. The predicted molar refractivity (Wildman–Crippen MR) is 158 cm³/mol. The molecule has 2 atom stereocenters. The summed E-state index contributed by atoms with van der Waals surface area (Å²) in [5.74, 6) is 0.160. The summed E-state index contributed by atoms with van der Waals surface area (Å²) < 4.78 is 6.48. The fraction of sp³-hybridized carbons (Fsp3) is 0.394. The van der Waals surface area contributed by atoms with Crippen LogP contribution in [0.3, 0.4) is 0 Å². The van der Waals surface area contributed by atoms with Crippen LogP contribution in [0.5, 0.6) is 5.75 Å². The lowest BCUT2D eigenvalue weighted by atomic mass is 9.72. The zero-order chi connectivity index (χ0) is 29.4. The molecule has 1 aliphatic rings. The second-order valence-corrected chi connectivity index (χ2v) is 10.6. The Kier molecular flexibility index (Phi) is 9.76. The van der Waals surface area contributed by atoms with E-state index in [1.54, 1.807) is 18.5 Å². The standard InChI is InChI=1S/C33H40N4O4/c1-5-11-27(25-17-15-23(4)16-18-25)36-32(40)37-30(39)33(6-2,7-3)31(37)41-28-14-9-8-13-26(28)22-35-29(38)20-24-12-10-19-34-21-24/h8-10,12-19,21,27,31H,5-7,11,20,22H2,1-4H3,(H,35,38)(H,36,40)/t27-,31+/m1/s1. The van der Waals surface area contributed by atoms with Crippen molar-refractivity contribution in [3.63, 3.8) is 0 Å². The average molecular weight is 557 g/mol. The molecule has 8 nitrogen and oxygen atoms in total. The molecular weight excluding hydrogens is 516 g/mol. The number of benzene rings is 2. The topological polar surface area (TPSA) is 101 Å². The van der Waals surface area contributed by atoms with Crippen LogP contribution in [0.25, 0.3) is 0 Å². The molecule has 8 heteroatoms. The van der Waals surface area contributed by atoms with Gasteiger partial charge < -0.3 is 15.4 Å². The van der Waals surface area contributed by atoms with E-state index in [0.29, 0.717) is 18.6 Å². The summed E-state index contributed by atoms with van der Waals surface area (Å²) >= 11 is 0. The molecule has 1 saturated heterocycles. The second kappa shape index (κ2) is 13.4. The fourth-order valence-electron chi connectivity index (χ4n) is 5.36. The van der Waals surface area contributed by atoms with Crippen LogP contribution in [-0.2, 0) is 22.6 Å². The zero-order valence-corrected chi connectivity index (χ0v) is 24.4. The molecule has 4 rings (SSSR count). The number of aryl methyl sites for hydroxylation is 1. The molecule has 1 aliphatic heterocycles. The van der Waals surface area contributed by atoms with Gasteiger partial charge >= 0.3 is 6.03 Å². The molecule has 0 bridgehead atoms. The Balaban J connectivity index is 1.51. The number of hydrogen-bond acceptors (Lipinski definition) is 5. The number of aromatic nitrogens is 1. The van der Waals surface area contributed by atoms with Gasteiger partial charge in [0.05, 0.1) is 12.5 Å². The molecule has 2 heterocycles. The van der Waals surface area contributed by atoms with E-state index < -0.39 is 17.7 Å². The monoisotopic (exact) mass is 556 g/mol. The van der Waals surface area contributed by atoms with Gasteiger partial charge in [-0.15, -0.1) is 0 Å². The van der Waals surface area contributed by atoms with Crippen molar-refractivity contribution in [2.24, 2.45) is 5.41 Å². The van der Waals surface area contributed by atoms with Gasteiger partial charge in [0.2, 0.25) is 11.8 Å². The van der Waals surface area contributed by atoms with Gasteiger partial charge in [-0.25, -0.2) is 9.69 Å². The van der Waals surface area contributed by atoms with Gasteiger partial charge in [-0.05, 0) is 49.4 Å². The molecule has 0 aliphatic carbocycles. The first-order valence-electron chi connectivity index (χ1n) is 14.4. The summed E-state index contributed by atoms with van der Waals surface area (Å²) in [7, 11) is 0. The van der Waals surface area contributed by atoms with Crippen molar-refractivity contribution in [1.29, 1.82) is 0 Å². The Labute approximate surface area is 242 Å². The van der Waals surface area contributed by atoms with Gasteiger partial charge in [0, 0.05) is 24.5 Å². The Bertz CT molecular complexity index is 1340. The lowest BCUT2D eigenvalue weighted by Crippen LogP contribution is -2.73. The first-order chi connectivity index (χ1) is 19.8.